The minimum absolute atomic E-state index is 0.654. The molecule has 0 N–H and O–H groups in total. The molecule has 1 fully saturated rings. The maximum Gasteiger partial charge on any atom is 0.128 e. The van der Waals surface area contributed by atoms with Crippen molar-refractivity contribution in [2.75, 3.05) is 0 Å². The lowest BCUT2D eigenvalue weighted by molar-refractivity contribution is 0.434. The van der Waals surface area contributed by atoms with E-state index in [0.717, 1.165) is 16.7 Å². The van der Waals surface area contributed by atoms with Crippen LogP contribution in [0, 0.1) is 0 Å². The summed E-state index contributed by atoms with van der Waals surface area (Å²) in [6.07, 6.45) is 9.51. The highest BCUT2D eigenvalue weighted by Gasteiger charge is 2.19. The Hall–Kier alpha value is -0.440. The zero-order valence-corrected chi connectivity index (χ0v) is 10.8. The largest absolute Gasteiger partial charge is 0.240 e. The van der Waals surface area contributed by atoms with E-state index in [1.807, 2.05) is 6.20 Å². The topological polar surface area (TPSA) is 25.8 Å². The summed E-state index contributed by atoms with van der Waals surface area (Å²) < 4.78 is 1.09. The summed E-state index contributed by atoms with van der Waals surface area (Å²) in [6.45, 7) is 2.11. The van der Waals surface area contributed by atoms with E-state index in [2.05, 4.69) is 32.8 Å². The van der Waals surface area contributed by atoms with Crippen molar-refractivity contribution in [1.82, 2.24) is 9.97 Å². The number of hydrogen-bond donors (Lipinski definition) is 0. The molecule has 1 aromatic heterocycles. The molecule has 15 heavy (non-hydrogen) atoms. The Morgan fingerprint density at radius 3 is 2.73 bits per heavy atom. The minimum Gasteiger partial charge on any atom is -0.240 e. The lowest BCUT2D eigenvalue weighted by Crippen LogP contribution is -2.09. The van der Waals surface area contributed by atoms with Crippen LogP contribution in [-0.2, 0) is 6.42 Å². The Bertz CT molecular complexity index is 332. The molecule has 1 aliphatic rings. The second kappa shape index (κ2) is 5.06. The zero-order chi connectivity index (χ0) is 10.7. The predicted octanol–water partition coefficient (Wildman–Crippen LogP) is 3.85. The molecule has 0 amide bonds. The van der Waals surface area contributed by atoms with E-state index >= 15 is 0 Å². The second-order valence-electron chi connectivity index (χ2n) is 4.21. The first-order chi connectivity index (χ1) is 7.31. The van der Waals surface area contributed by atoms with Gasteiger partial charge < -0.3 is 0 Å². The zero-order valence-electron chi connectivity index (χ0n) is 9.17. The van der Waals surface area contributed by atoms with Crippen LogP contribution in [0.3, 0.4) is 0 Å². The summed E-state index contributed by atoms with van der Waals surface area (Å²) in [7, 11) is 0. The maximum atomic E-state index is 4.66. The van der Waals surface area contributed by atoms with Gasteiger partial charge >= 0.3 is 0 Å². The van der Waals surface area contributed by atoms with Crippen LogP contribution in [-0.4, -0.2) is 9.97 Å². The van der Waals surface area contributed by atoms with Gasteiger partial charge in [0.1, 0.15) is 5.82 Å². The average Bonchev–Trinajstić information content (AvgIpc) is 2.31. The van der Waals surface area contributed by atoms with Gasteiger partial charge in [0.05, 0.1) is 10.2 Å². The summed E-state index contributed by atoms with van der Waals surface area (Å²) in [5.41, 5.74) is 1.24. The van der Waals surface area contributed by atoms with E-state index in [-0.39, 0.29) is 0 Å². The molecule has 2 rings (SSSR count). The summed E-state index contributed by atoms with van der Waals surface area (Å²) >= 11 is 3.57. The highest BCUT2D eigenvalue weighted by atomic mass is 79.9. The molecular formula is C12H17BrN2. The molecule has 0 unspecified atom stereocenters. The monoisotopic (exact) mass is 268 g/mol. The Labute approximate surface area is 99.7 Å². The molecule has 3 heteroatoms. The fraction of sp³-hybridized carbons (Fsp3) is 0.667. The van der Waals surface area contributed by atoms with Crippen molar-refractivity contribution in [3.8, 4) is 0 Å². The first-order valence-electron chi connectivity index (χ1n) is 5.82. The standard InChI is InChI=1S/C12H17BrN2/c1-2-11-14-8-10(13)12(15-11)9-6-4-3-5-7-9/h8-9H,2-7H2,1H3. The average molecular weight is 269 g/mol. The van der Waals surface area contributed by atoms with Crippen LogP contribution in [0.15, 0.2) is 10.7 Å². The normalized spacial score (nSPS) is 18.0. The van der Waals surface area contributed by atoms with Crippen molar-refractivity contribution in [3.05, 3.63) is 22.2 Å². The van der Waals surface area contributed by atoms with Gasteiger partial charge in [0, 0.05) is 18.5 Å². The molecule has 1 aromatic rings. The van der Waals surface area contributed by atoms with Crippen molar-refractivity contribution in [2.24, 2.45) is 0 Å². The van der Waals surface area contributed by atoms with Gasteiger partial charge in [-0.15, -0.1) is 0 Å². The molecule has 0 saturated heterocycles. The third kappa shape index (κ3) is 2.57. The quantitative estimate of drug-likeness (QED) is 0.815. The van der Waals surface area contributed by atoms with Crippen LogP contribution < -0.4 is 0 Å². The van der Waals surface area contributed by atoms with Crippen molar-refractivity contribution >= 4 is 15.9 Å². The molecular weight excluding hydrogens is 252 g/mol. The number of hydrogen-bond acceptors (Lipinski definition) is 2. The Morgan fingerprint density at radius 1 is 1.33 bits per heavy atom. The summed E-state index contributed by atoms with van der Waals surface area (Å²) in [5.74, 6) is 1.63. The van der Waals surface area contributed by atoms with Crippen molar-refractivity contribution in [1.29, 1.82) is 0 Å². The van der Waals surface area contributed by atoms with Crippen molar-refractivity contribution < 1.29 is 0 Å². The van der Waals surface area contributed by atoms with Gasteiger partial charge in [-0.05, 0) is 28.8 Å². The SMILES string of the molecule is CCc1ncc(Br)c(C2CCCCC2)n1. The molecule has 0 atom stereocenters. The number of aromatic nitrogens is 2. The van der Waals surface area contributed by atoms with Crippen LogP contribution in [0.4, 0.5) is 0 Å². The molecule has 1 aliphatic carbocycles. The highest BCUT2D eigenvalue weighted by Crippen LogP contribution is 2.34. The van der Waals surface area contributed by atoms with E-state index < -0.39 is 0 Å². The molecule has 0 aromatic carbocycles. The molecule has 82 valence electrons. The fourth-order valence-corrected chi connectivity index (χ4v) is 2.77. The second-order valence-corrected chi connectivity index (χ2v) is 5.06. The van der Waals surface area contributed by atoms with E-state index in [4.69, 9.17) is 0 Å². The van der Waals surface area contributed by atoms with Gasteiger partial charge in [0.25, 0.3) is 0 Å². The first-order valence-corrected chi connectivity index (χ1v) is 6.62. The number of aryl methyl sites for hydroxylation is 1. The number of rotatable bonds is 2. The van der Waals surface area contributed by atoms with Crippen LogP contribution in [0.2, 0.25) is 0 Å². The van der Waals surface area contributed by atoms with E-state index in [9.17, 15) is 0 Å². The molecule has 0 aliphatic heterocycles. The van der Waals surface area contributed by atoms with Crippen molar-refractivity contribution in [2.45, 2.75) is 51.4 Å². The van der Waals surface area contributed by atoms with E-state index in [0.29, 0.717) is 5.92 Å². The van der Waals surface area contributed by atoms with Gasteiger partial charge in [0.2, 0.25) is 0 Å². The third-order valence-electron chi connectivity index (χ3n) is 3.13. The van der Waals surface area contributed by atoms with Gasteiger partial charge in [-0.2, -0.15) is 0 Å². The molecule has 0 radical (unpaired) electrons. The van der Waals surface area contributed by atoms with E-state index in [1.165, 1.54) is 37.8 Å². The molecule has 0 bridgehead atoms. The van der Waals surface area contributed by atoms with Gasteiger partial charge in [0.15, 0.2) is 0 Å². The molecule has 1 saturated carbocycles. The van der Waals surface area contributed by atoms with Crippen LogP contribution in [0.5, 0.6) is 0 Å². The number of nitrogens with zero attached hydrogens (tertiary/aromatic N) is 2. The minimum atomic E-state index is 0.654. The molecule has 2 nitrogen and oxygen atoms in total. The van der Waals surface area contributed by atoms with Crippen LogP contribution in [0.1, 0.15) is 56.5 Å². The first kappa shape index (κ1) is 11.1. The van der Waals surface area contributed by atoms with E-state index in [1.54, 1.807) is 0 Å². The summed E-state index contributed by atoms with van der Waals surface area (Å²) in [5, 5.41) is 0. The molecule has 1 heterocycles. The van der Waals surface area contributed by atoms with Gasteiger partial charge in [-0.25, -0.2) is 9.97 Å². The highest BCUT2D eigenvalue weighted by molar-refractivity contribution is 9.10. The van der Waals surface area contributed by atoms with Crippen LogP contribution >= 0.6 is 15.9 Å². The smallest absolute Gasteiger partial charge is 0.128 e. The Morgan fingerprint density at radius 2 is 2.07 bits per heavy atom. The fourth-order valence-electron chi connectivity index (χ4n) is 2.25. The summed E-state index contributed by atoms with van der Waals surface area (Å²) in [6, 6.07) is 0. The Kier molecular flexibility index (Phi) is 3.73. The Balaban J connectivity index is 2.24. The molecule has 0 spiro atoms. The summed E-state index contributed by atoms with van der Waals surface area (Å²) in [4.78, 5) is 8.95. The van der Waals surface area contributed by atoms with Gasteiger partial charge in [-0.1, -0.05) is 26.2 Å². The third-order valence-corrected chi connectivity index (χ3v) is 3.74. The predicted molar refractivity (Wildman–Crippen MR) is 64.9 cm³/mol. The van der Waals surface area contributed by atoms with Crippen LogP contribution in [0.25, 0.3) is 0 Å². The lowest BCUT2D eigenvalue weighted by atomic mass is 9.87. The number of halogens is 1. The van der Waals surface area contributed by atoms with Gasteiger partial charge in [-0.3, -0.25) is 0 Å². The lowest BCUT2D eigenvalue weighted by Gasteiger charge is -2.22. The maximum absolute atomic E-state index is 4.66. The van der Waals surface area contributed by atoms with Crippen molar-refractivity contribution in [3.63, 3.8) is 0 Å².